The van der Waals surface area contributed by atoms with E-state index in [-0.39, 0.29) is 23.7 Å². The summed E-state index contributed by atoms with van der Waals surface area (Å²) in [4.78, 5) is 29.1. The number of sulfonamides is 1. The third-order valence-electron chi connectivity index (χ3n) is 5.59. The van der Waals surface area contributed by atoms with Crippen LogP contribution in [0.15, 0.2) is 52.6 Å². The van der Waals surface area contributed by atoms with Crippen molar-refractivity contribution in [2.24, 2.45) is 4.40 Å². The predicted octanol–water partition coefficient (Wildman–Crippen LogP) is 2.04. The number of allylic oxidation sites excluding steroid dienone is 2. The average Bonchev–Trinajstić information content (AvgIpc) is 2.79. The Morgan fingerprint density at radius 1 is 1.09 bits per heavy atom. The van der Waals surface area contributed by atoms with Crippen LogP contribution in [-0.2, 0) is 24.3 Å². The number of anilines is 2. The molecule has 0 radical (unpaired) electrons. The van der Waals surface area contributed by atoms with Gasteiger partial charge in [0.05, 0.1) is 5.75 Å². The van der Waals surface area contributed by atoms with Gasteiger partial charge in [-0.25, -0.2) is 13.2 Å². The average molecular weight is 459 g/mol. The summed E-state index contributed by atoms with van der Waals surface area (Å²) in [6, 6.07) is 7.58. The first-order valence-electron chi connectivity index (χ1n) is 10.7. The molecule has 1 aromatic rings. The van der Waals surface area contributed by atoms with E-state index in [9.17, 15) is 18.0 Å². The standard InChI is InChI=1S/C22H26N4O5S/c1-16(21(27)23-17-7-9-18(10-8-17)25-11-3-2-4-12-25)31-22(28)19-6-5-13-26-14-15-32(29,30)24-20(19)26/h5-10,13,16H,2-4,11-12,14-15H2,1H3,(H,23,27)/t16-/m0/s1. The molecule has 170 valence electrons. The van der Waals surface area contributed by atoms with Gasteiger partial charge < -0.3 is 19.9 Å². The van der Waals surface area contributed by atoms with Gasteiger partial charge in [-0.3, -0.25) is 4.79 Å². The molecule has 9 nitrogen and oxygen atoms in total. The van der Waals surface area contributed by atoms with Crippen molar-refractivity contribution in [2.45, 2.75) is 32.3 Å². The number of benzene rings is 1. The molecule has 0 aliphatic carbocycles. The zero-order chi connectivity index (χ0) is 22.7. The molecule has 3 heterocycles. The molecule has 0 aromatic heterocycles. The number of nitrogens with zero attached hydrogens (tertiary/aromatic N) is 3. The van der Waals surface area contributed by atoms with Gasteiger partial charge in [0.2, 0.25) is 0 Å². The van der Waals surface area contributed by atoms with Gasteiger partial charge in [0.25, 0.3) is 15.9 Å². The lowest BCUT2D eigenvalue weighted by molar-refractivity contribution is -0.148. The minimum atomic E-state index is -3.64. The fraction of sp³-hybridized carbons (Fsp3) is 0.409. The number of carbonyl (C=O) groups is 2. The number of nitrogens with one attached hydrogen (secondary N) is 1. The fourth-order valence-electron chi connectivity index (χ4n) is 3.80. The van der Waals surface area contributed by atoms with Crippen LogP contribution < -0.4 is 10.2 Å². The summed E-state index contributed by atoms with van der Waals surface area (Å²) < 4.78 is 32.7. The molecule has 1 saturated heterocycles. The van der Waals surface area contributed by atoms with Crippen LogP contribution in [0.25, 0.3) is 0 Å². The largest absolute Gasteiger partial charge is 0.449 e. The molecule has 1 amide bonds. The first-order valence-corrected chi connectivity index (χ1v) is 12.3. The number of carbonyl (C=O) groups excluding carboxylic acids is 2. The number of piperidine rings is 1. The van der Waals surface area contributed by atoms with E-state index in [1.54, 1.807) is 17.2 Å². The number of amides is 1. The molecular formula is C22H26N4O5S. The van der Waals surface area contributed by atoms with Crippen molar-refractivity contribution in [3.05, 3.63) is 48.2 Å². The van der Waals surface area contributed by atoms with Crippen LogP contribution >= 0.6 is 0 Å². The summed E-state index contributed by atoms with van der Waals surface area (Å²) in [5.74, 6) is -1.40. The van der Waals surface area contributed by atoms with Crippen LogP contribution in [0.5, 0.6) is 0 Å². The number of hydrogen-bond donors (Lipinski definition) is 1. The highest BCUT2D eigenvalue weighted by atomic mass is 32.2. The molecule has 0 bridgehead atoms. The van der Waals surface area contributed by atoms with E-state index in [2.05, 4.69) is 14.6 Å². The SMILES string of the molecule is C[C@H](OC(=O)C1=CC=CN2CCS(=O)(=O)N=C12)C(=O)Nc1ccc(N2CCCCC2)cc1. The number of esters is 1. The molecule has 0 saturated carbocycles. The van der Waals surface area contributed by atoms with Crippen molar-refractivity contribution in [3.8, 4) is 0 Å². The number of fused-ring (bicyclic) bond motifs is 1. The van der Waals surface area contributed by atoms with Crippen LogP contribution in [0.3, 0.4) is 0 Å². The van der Waals surface area contributed by atoms with E-state index < -0.39 is 28.0 Å². The summed E-state index contributed by atoms with van der Waals surface area (Å²) in [6.45, 7) is 3.74. The van der Waals surface area contributed by atoms with Crippen LogP contribution in [0.2, 0.25) is 0 Å². The number of rotatable bonds is 5. The molecule has 0 unspecified atom stereocenters. The summed E-state index contributed by atoms with van der Waals surface area (Å²) >= 11 is 0. The summed E-state index contributed by atoms with van der Waals surface area (Å²) in [6.07, 6.45) is 7.24. The first kappa shape index (κ1) is 22.1. The van der Waals surface area contributed by atoms with E-state index in [1.165, 1.54) is 32.3 Å². The van der Waals surface area contributed by atoms with Gasteiger partial charge in [0, 0.05) is 37.2 Å². The second-order valence-corrected chi connectivity index (χ2v) is 9.70. The minimum Gasteiger partial charge on any atom is -0.449 e. The molecule has 0 spiro atoms. The van der Waals surface area contributed by atoms with Gasteiger partial charge in [-0.2, -0.15) is 0 Å². The summed E-state index contributed by atoms with van der Waals surface area (Å²) in [5, 5.41) is 2.74. The summed E-state index contributed by atoms with van der Waals surface area (Å²) in [5.41, 5.74) is 1.72. The van der Waals surface area contributed by atoms with E-state index in [1.807, 2.05) is 24.3 Å². The van der Waals surface area contributed by atoms with E-state index in [4.69, 9.17) is 4.74 Å². The van der Waals surface area contributed by atoms with Crippen molar-refractivity contribution >= 4 is 39.1 Å². The quantitative estimate of drug-likeness (QED) is 0.673. The Bertz CT molecular complexity index is 1090. The lowest BCUT2D eigenvalue weighted by atomic mass is 10.1. The van der Waals surface area contributed by atoms with Crippen molar-refractivity contribution < 1.29 is 22.7 Å². The third-order valence-corrected chi connectivity index (χ3v) is 6.74. The zero-order valence-corrected chi connectivity index (χ0v) is 18.7. The number of hydrogen-bond acceptors (Lipinski definition) is 7. The number of ether oxygens (including phenoxy) is 1. The minimum absolute atomic E-state index is 0.00121. The third kappa shape index (κ3) is 5.01. The molecule has 1 aromatic carbocycles. The topological polar surface area (TPSA) is 108 Å². The molecule has 1 N–H and O–H groups in total. The van der Waals surface area contributed by atoms with Gasteiger partial charge in [-0.1, -0.05) is 0 Å². The Morgan fingerprint density at radius 3 is 2.53 bits per heavy atom. The van der Waals surface area contributed by atoms with E-state index >= 15 is 0 Å². The van der Waals surface area contributed by atoms with Crippen molar-refractivity contribution in [1.82, 2.24) is 4.90 Å². The molecular weight excluding hydrogens is 432 g/mol. The van der Waals surface area contributed by atoms with Gasteiger partial charge in [0.15, 0.2) is 11.9 Å². The van der Waals surface area contributed by atoms with E-state index in [0.717, 1.165) is 18.8 Å². The lowest BCUT2D eigenvalue weighted by Crippen LogP contribution is -2.41. The number of amidine groups is 1. The Balaban J connectivity index is 1.37. The van der Waals surface area contributed by atoms with Crippen LogP contribution in [0.1, 0.15) is 26.2 Å². The van der Waals surface area contributed by atoms with Gasteiger partial charge in [-0.05, 0) is 62.6 Å². The Labute approximate surface area is 187 Å². The molecule has 4 rings (SSSR count). The lowest BCUT2D eigenvalue weighted by Gasteiger charge is -2.29. The van der Waals surface area contributed by atoms with Crippen LogP contribution in [0, 0.1) is 0 Å². The maximum absolute atomic E-state index is 12.6. The molecule has 3 aliphatic rings. The highest BCUT2D eigenvalue weighted by Crippen LogP contribution is 2.22. The highest BCUT2D eigenvalue weighted by molar-refractivity contribution is 7.90. The molecule has 1 fully saturated rings. The normalized spacial score (nSPS) is 20.5. The monoisotopic (exact) mass is 458 g/mol. The molecule has 1 atom stereocenters. The predicted molar refractivity (Wildman–Crippen MR) is 122 cm³/mol. The fourth-order valence-corrected chi connectivity index (χ4v) is 4.79. The molecule has 32 heavy (non-hydrogen) atoms. The van der Waals surface area contributed by atoms with Crippen molar-refractivity contribution in [3.63, 3.8) is 0 Å². The second kappa shape index (κ2) is 9.15. The van der Waals surface area contributed by atoms with Crippen LogP contribution in [-0.4, -0.2) is 62.5 Å². The second-order valence-electron chi connectivity index (χ2n) is 7.95. The Kier molecular flexibility index (Phi) is 6.31. The van der Waals surface area contributed by atoms with Crippen LogP contribution in [0.4, 0.5) is 11.4 Å². The van der Waals surface area contributed by atoms with E-state index in [0.29, 0.717) is 5.69 Å². The maximum atomic E-state index is 12.6. The maximum Gasteiger partial charge on any atom is 0.342 e. The Hall–Kier alpha value is -3.14. The smallest absolute Gasteiger partial charge is 0.342 e. The highest BCUT2D eigenvalue weighted by Gasteiger charge is 2.32. The van der Waals surface area contributed by atoms with Gasteiger partial charge in [0.1, 0.15) is 5.57 Å². The molecule has 3 aliphatic heterocycles. The van der Waals surface area contributed by atoms with Crippen molar-refractivity contribution in [1.29, 1.82) is 0 Å². The molecule has 10 heteroatoms. The summed E-state index contributed by atoms with van der Waals surface area (Å²) in [7, 11) is -3.64. The first-order chi connectivity index (χ1) is 15.3. The van der Waals surface area contributed by atoms with Gasteiger partial charge >= 0.3 is 5.97 Å². The van der Waals surface area contributed by atoms with Crippen molar-refractivity contribution in [2.75, 3.05) is 35.6 Å². The van der Waals surface area contributed by atoms with Gasteiger partial charge in [-0.15, -0.1) is 4.40 Å². The zero-order valence-electron chi connectivity index (χ0n) is 17.9. The Morgan fingerprint density at radius 2 is 1.81 bits per heavy atom.